The molecule has 1 aliphatic rings. The summed E-state index contributed by atoms with van der Waals surface area (Å²) in [5.74, 6) is -2.10. The van der Waals surface area contributed by atoms with E-state index in [9.17, 15) is 22.8 Å². The number of carbonyl (C=O) groups excluding carboxylic acids is 3. The molecule has 30 heavy (non-hydrogen) atoms. The fourth-order valence-electron chi connectivity index (χ4n) is 3.28. The van der Waals surface area contributed by atoms with Crippen molar-refractivity contribution in [2.75, 3.05) is 26.8 Å². The zero-order valence-electron chi connectivity index (χ0n) is 16.4. The second kappa shape index (κ2) is 9.23. The molecular weight excluding hydrogens is 412 g/mol. The molecule has 0 unspecified atom stereocenters. The highest BCUT2D eigenvalue weighted by Crippen LogP contribution is 2.27. The van der Waals surface area contributed by atoms with Crippen LogP contribution in [-0.4, -0.2) is 62.2 Å². The molecule has 1 N–H and O–H groups in total. The molecule has 10 heteroatoms. The Kier molecular flexibility index (Phi) is 6.68. The molecule has 0 aliphatic carbocycles. The van der Waals surface area contributed by atoms with Crippen LogP contribution in [0.5, 0.6) is 0 Å². The van der Waals surface area contributed by atoms with Gasteiger partial charge in [0.1, 0.15) is 0 Å². The molecule has 0 saturated carbocycles. The first kappa shape index (κ1) is 21.7. The van der Waals surface area contributed by atoms with Gasteiger partial charge in [0.25, 0.3) is 0 Å². The first-order chi connectivity index (χ1) is 14.3. The summed E-state index contributed by atoms with van der Waals surface area (Å²) in [7, 11) is -2.75. The molecular formula is C20H22N2O7S. The Morgan fingerprint density at radius 3 is 2.43 bits per heavy atom. The Hall–Kier alpha value is -2.98. The fourth-order valence-corrected chi connectivity index (χ4v) is 4.93. The Labute approximate surface area is 174 Å². The Bertz CT molecular complexity index is 1020. The lowest BCUT2D eigenvalue weighted by Crippen LogP contribution is -2.41. The molecule has 1 aromatic carbocycles. The average Bonchev–Trinajstić information content (AvgIpc) is 3.32. The molecule has 0 radical (unpaired) electrons. The number of aromatic amines is 1. The van der Waals surface area contributed by atoms with Gasteiger partial charge in [0.05, 0.1) is 29.2 Å². The molecule has 0 bridgehead atoms. The Morgan fingerprint density at radius 2 is 1.80 bits per heavy atom. The van der Waals surface area contributed by atoms with E-state index in [4.69, 9.17) is 4.74 Å². The number of piperidine rings is 1. The maximum absolute atomic E-state index is 13.0. The molecule has 0 spiro atoms. The number of sulfonamides is 1. The van der Waals surface area contributed by atoms with E-state index in [0.29, 0.717) is 5.69 Å². The van der Waals surface area contributed by atoms with Crippen LogP contribution in [0.2, 0.25) is 0 Å². The van der Waals surface area contributed by atoms with Gasteiger partial charge in [-0.2, -0.15) is 4.31 Å². The van der Waals surface area contributed by atoms with Crippen LogP contribution in [0.4, 0.5) is 0 Å². The maximum Gasteiger partial charge on any atom is 0.339 e. The molecule has 1 fully saturated rings. The van der Waals surface area contributed by atoms with Crippen LogP contribution in [0.15, 0.2) is 47.5 Å². The van der Waals surface area contributed by atoms with Crippen molar-refractivity contribution in [2.45, 2.75) is 17.7 Å². The summed E-state index contributed by atoms with van der Waals surface area (Å²) < 4.78 is 37.0. The number of rotatable bonds is 7. The first-order valence-electron chi connectivity index (χ1n) is 9.35. The number of hydrogen-bond acceptors (Lipinski definition) is 7. The van der Waals surface area contributed by atoms with Crippen molar-refractivity contribution in [3.05, 3.63) is 53.9 Å². The largest absolute Gasteiger partial charge is 0.465 e. The second-order valence-corrected chi connectivity index (χ2v) is 8.69. The molecule has 1 saturated heterocycles. The number of ether oxygens (including phenoxy) is 2. The summed E-state index contributed by atoms with van der Waals surface area (Å²) in [5.41, 5.74) is 0.317. The molecule has 1 aromatic heterocycles. The van der Waals surface area contributed by atoms with Gasteiger partial charge in [-0.15, -0.1) is 0 Å². The normalized spacial score (nSPS) is 15.5. The van der Waals surface area contributed by atoms with Crippen LogP contribution >= 0.6 is 0 Å². The lowest BCUT2D eigenvalue weighted by molar-refractivity contribution is -0.148. The summed E-state index contributed by atoms with van der Waals surface area (Å²) in [5, 5.41) is 0. The summed E-state index contributed by atoms with van der Waals surface area (Å²) in [6.45, 7) is -0.172. The summed E-state index contributed by atoms with van der Waals surface area (Å²) >= 11 is 0. The number of nitrogens with one attached hydrogen (secondary N) is 1. The number of methoxy groups -OCH3 is 1. The van der Waals surface area contributed by atoms with Crippen LogP contribution in [0, 0.1) is 5.92 Å². The molecule has 3 rings (SSSR count). The zero-order chi connectivity index (χ0) is 21.7. The zero-order valence-corrected chi connectivity index (χ0v) is 17.2. The van der Waals surface area contributed by atoms with Crippen molar-refractivity contribution in [1.29, 1.82) is 0 Å². The third-order valence-electron chi connectivity index (χ3n) is 4.94. The van der Waals surface area contributed by atoms with Crippen LogP contribution in [0.1, 0.15) is 33.7 Å². The van der Waals surface area contributed by atoms with Crippen molar-refractivity contribution in [3.63, 3.8) is 0 Å². The van der Waals surface area contributed by atoms with Crippen LogP contribution in [0.25, 0.3) is 0 Å². The number of Topliss-reactive ketones (excluding diaryl/α,β-unsaturated/α-hetero) is 1. The summed E-state index contributed by atoms with van der Waals surface area (Å²) in [6.07, 6.45) is 2.12. The standard InChI is InChI=1S/C20H22N2O7S/c1-28-20(25)15-5-2-3-7-18(15)30(26,27)22-11-8-14(9-12-22)19(24)29-13-17(23)16-6-4-10-21-16/h2-7,10,14,21H,8-9,11-13H2,1H3. The number of aromatic nitrogens is 1. The average molecular weight is 434 g/mol. The molecule has 0 atom stereocenters. The van der Waals surface area contributed by atoms with Gasteiger partial charge < -0.3 is 14.5 Å². The molecule has 1 aliphatic heterocycles. The molecule has 2 heterocycles. The van der Waals surface area contributed by atoms with Gasteiger partial charge in [0, 0.05) is 19.3 Å². The van der Waals surface area contributed by atoms with E-state index < -0.39 is 27.9 Å². The molecule has 9 nitrogen and oxygen atoms in total. The number of benzene rings is 1. The first-order valence-corrected chi connectivity index (χ1v) is 10.8. The quantitative estimate of drug-likeness (QED) is 0.519. The van der Waals surface area contributed by atoms with E-state index in [1.54, 1.807) is 24.4 Å². The third kappa shape index (κ3) is 4.60. The second-order valence-electron chi connectivity index (χ2n) is 6.78. The number of carbonyl (C=O) groups is 3. The number of ketones is 1. The van der Waals surface area contributed by atoms with E-state index in [2.05, 4.69) is 9.72 Å². The number of nitrogens with zero attached hydrogens (tertiary/aromatic N) is 1. The third-order valence-corrected chi connectivity index (χ3v) is 6.90. The van der Waals surface area contributed by atoms with Gasteiger partial charge in [0.2, 0.25) is 15.8 Å². The van der Waals surface area contributed by atoms with E-state index in [1.165, 1.54) is 29.6 Å². The Morgan fingerprint density at radius 1 is 1.10 bits per heavy atom. The van der Waals surface area contributed by atoms with Crippen molar-refractivity contribution in [3.8, 4) is 0 Å². The number of H-pyrrole nitrogens is 1. The van der Waals surface area contributed by atoms with Crippen LogP contribution < -0.4 is 0 Å². The molecule has 2 aromatic rings. The van der Waals surface area contributed by atoms with Gasteiger partial charge in [0.15, 0.2) is 6.61 Å². The van der Waals surface area contributed by atoms with Gasteiger partial charge in [-0.3, -0.25) is 9.59 Å². The highest BCUT2D eigenvalue weighted by Gasteiger charge is 2.35. The van der Waals surface area contributed by atoms with Crippen molar-refractivity contribution in [2.24, 2.45) is 5.92 Å². The fraction of sp³-hybridized carbons (Fsp3) is 0.350. The minimum atomic E-state index is -3.93. The van der Waals surface area contributed by atoms with Gasteiger partial charge in [-0.25, -0.2) is 13.2 Å². The van der Waals surface area contributed by atoms with Crippen molar-refractivity contribution in [1.82, 2.24) is 9.29 Å². The minimum absolute atomic E-state index is 0.0376. The number of hydrogen-bond donors (Lipinski definition) is 1. The summed E-state index contributed by atoms with van der Waals surface area (Å²) in [6, 6.07) is 9.10. The molecule has 160 valence electrons. The van der Waals surface area contributed by atoms with Gasteiger partial charge in [-0.1, -0.05) is 12.1 Å². The monoisotopic (exact) mass is 434 g/mol. The molecule has 0 amide bonds. The highest BCUT2D eigenvalue weighted by molar-refractivity contribution is 7.89. The smallest absolute Gasteiger partial charge is 0.339 e. The lowest BCUT2D eigenvalue weighted by Gasteiger charge is -2.30. The van der Waals surface area contributed by atoms with Crippen LogP contribution in [-0.2, 0) is 24.3 Å². The Balaban J connectivity index is 1.60. The maximum atomic E-state index is 13.0. The van der Waals surface area contributed by atoms with E-state index in [1.807, 2.05) is 0 Å². The predicted octanol–water partition coefficient (Wildman–Crippen LogP) is 1.63. The lowest BCUT2D eigenvalue weighted by atomic mass is 9.98. The summed E-state index contributed by atoms with van der Waals surface area (Å²) in [4.78, 5) is 38.7. The van der Waals surface area contributed by atoms with E-state index in [0.717, 1.165) is 0 Å². The topological polar surface area (TPSA) is 123 Å². The highest BCUT2D eigenvalue weighted by atomic mass is 32.2. The SMILES string of the molecule is COC(=O)c1ccccc1S(=O)(=O)N1CCC(C(=O)OCC(=O)c2ccc[nH]2)CC1. The van der Waals surface area contributed by atoms with Crippen molar-refractivity contribution < 1.29 is 32.3 Å². The number of esters is 2. The predicted molar refractivity (Wildman–Crippen MR) is 105 cm³/mol. The van der Waals surface area contributed by atoms with E-state index in [-0.39, 0.29) is 48.8 Å². The van der Waals surface area contributed by atoms with Gasteiger partial charge in [-0.05, 0) is 37.1 Å². The van der Waals surface area contributed by atoms with Gasteiger partial charge >= 0.3 is 11.9 Å². The van der Waals surface area contributed by atoms with E-state index >= 15 is 0 Å². The van der Waals surface area contributed by atoms with Crippen LogP contribution in [0.3, 0.4) is 0 Å². The van der Waals surface area contributed by atoms with Crippen molar-refractivity contribution >= 4 is 27.7 Å². The minimum Gasteiger partial charge on any atom is -0.465 e.